The van der Waals surface area contributed by atoms with Crippen LogP contribution in [0.25, 0.3) is 0 Å². The SMILES string of the molecule is O=C(O)c1cccc(OCCCCC2OCCO2)c1. The summed E-state index contributed by atoms with van der Waals surface area (Å²) in [5.41, 5.74) is 0.241. The summed E-state index contributed by atoms with van der Waals surface area (Å²) in [4.78, 5) is 10.8. The summed E-state index contributed by atoms with van der Waals surface area (Å²) >= 11 is 0. The van der Waals surface area contributed by atoms with Gasteiger partial charge in [-0.25, -0.2) is 4.79 Å². The first-order valence-electron chi connectivity index (χ1n) is 6.45. The average Bonchev–Trinajstić information content (AvgIpc) is 2.92. The van der Waals surface area contributed by atoms with Gasteiger partial charge >= 0.3 is 5.97 Å². The fourth-order valence-corrected chi connectivity index (χ4v) is 1.90. The smallest absolute Gasteiger partial charge is 0.335 e. The monoisotopic (exact) mass is 266 g/mol. The van der Waals surface area contributed by atoms with Crippen LogP contribution < -0.4 is 4.74 Å². The summed E-state index contributed by atoms with van der Waals surface area (Å²) in [5.74, 6) is -0.353. The minimum absolute atomic E-state index is 0.0599. The highest BCUT2D eigenvalue weighted by atomic mass is 16.7. The summed E-state index contributed by atoms with van der Waals surface area (Å²) in [6.07, 6.45) is 2.66. The van der Waals surface area contributed by atoms with Crippen LogP contribution in [0.1, 0.15) is 29.6 Å². The Bertz CT molecular complexity index is 412. The molecule has 1 aromatic carbocycles. The van der Waals surface area contributed by atoms with Gasteiger partial charge in [-0.1, -0.05) is 6.07 Å². The number of carboxylic acids is 1. The fourth-order valence-electron chi connectivity index (χ4n) is 1.90. The molecule has 2 rings (SSSR count). The first-order valence-corrected chi connectivity index (χ1v) is 6.45. The standard InChI is InChI=1S/C14H18O5/c15-14(16)11-4-3-5-12(10-11)17-7-2-1-6-13-18-8-9-19-13/h3-5,10,13H,1-2,6-9H2,(H,15,16). The largest absolute Gasteiger partial charge is 0.494 e. The van der Waals surface area contributed by atoms with Crippen LogP contribution in [0.4, 0.5) is 0 Å². The molecule has 1 N–H and O–H groups in total. The molecule has 104 valence electrons. The average molecular weight is 266 g/mol. The van der Waals surface area contributed by atoms with E-state index in [2.05, 4.69) is 0 Å². The molecule has 0 atom stereocenters. The zero-order valence-corrected chi connectivity index (χ0v) is 10.7. The van der Waals surface area contributed by atoms with Crippen LogP contribution >= 0.6 is 0 Å². The molecule has 1 heterocycles. The molecule has 0 radical (unpaired) electrons. The van der Waals surface area contributed by atoms with E-state index in [1.165, 1.54) is 6.07 Å². The topological polar surface area (TPSA) is 65.0 Å². The van der Waals surface area contributed by atoms with Crippen LogP contribution in [0.2, 0.25) is 0 Å². The molecule has 5 heteroatoms. The molecular weight excluding hydrogens is 248 g/mol. The zero-order valence-electron chi connectivity index (χ0n) is 10.7. The van der Waals surface area contributed by atoms with Crippen molar-refractivity contribution in [2.24, 2.45) is 0 Å². The molecular formula is C14H18O5. The van der Waals surface area contributed by atoms with Gasteiger partial charge in [0, 0.05) is 0 Å². The quantitative estimate of drug-likeness (QED) is 0.767. The van der Waals surface area contributed by atoms with Gasteiger partial charge in [0.15, 0.2) is 6.29 Å². The van der Waals surface area contributed by atoms with Gasteiger partial charge in [-0.3, -0.25) is 0 Å². The second-order valence-corrected chi connectivity index (χ2v) is 4.35. The van der Waals surface area contributed by atoms with Crippen LogP contribution in [0.5, 0.6) is 5.75 Å². The molecule has 1 saturated heterocycles. The number of carbonyl (C=O) groups is 1. The first kappa shape index (κ1) is 13.8. The fraction of sp³-hybridized carbons (Fsp3) is 0.500. The van der Waals surface area contributed by atoms with Crippen molar-refractivity contribution in [1.29, 1.82) is 0 Å². The number of hydrogen-bond acceptors (Lipinski definition) is 4. The van der Waals surface area contributed by atoms with Crippen molar-refractivity contribution in [3.05, 3.63) is 29.8 Å². The Morgan fingerprint density at radius 2 is 2.11 bits per heavy atom. The molecule has 0 saturated carbocycles. The van der Waals surface area contributed by atoms with Gasteiger partial charge < -0.3 is 19.3 Å². The van der Waals surface area contributed by atoms with E-state index in [0.717, 1.165) is 19.3 Å². The molecule has 1 fully saturated rings. The maximum Gasteiger partial charge on any atom is 0.335 e. The molecule has 0 spiro atoms. The number of ether oxygens (including phenoxy) is 3. The van der Waals surface area contributed by atoms with Gasteiger partial charge in [-0.2, -0.15) is 0 Å². The summed E-state index contributed by atoms with van der Waals surface area (Å²) < 4.78 is 16.2. The van der Waals surface area contributed by atoms with Crippen molar-refractivity contribution in [3.63, 3.8) is 0 Å². The van der Waals surface area contributed by atoms with Crippen LogP contribution in [-0.4, -0.2) is 37.2 Å². The number of benzene rings is 1. The van der Waals surface area contributed by atoms with Crippen molar-refractivity contribution >= 4 is 5.97 Å². The van der Waals surface area contributed by atoms with Crippen molar-refractivity contribution in [2.45, 2.75) is 25.6 Å². The summed E-state index contributed by atoms with van der Waals surface area (Å²) in [7, 11) is 0. The van der Waals surface area contributed by atoms with Crippen molar-refractivity contribution in [1.82, 2.24) is 0 Å². The van der Waals surface area contributed by atoms with Crippen molar-refractivity contribution in [3.8, 4) is 5.75 Å². The Morgan fingerprint density at radius 3 is 2.84 bits per heavy atom. The minimum atomic E-state index is -0.944. The van der Waals surface area contributed by atoms with Gasteiger partial charge in [0.1, 0.15) is 5.75 Å². The first-order chi connectivity index (χ1) is 9.25. The molecule has 0 aliphatic carbocycles. The molecule has 1 aliphatic heterocycles. The molecule has 19 heavy (non-hydrogen) atoms. The lowest BCUT2D eigenvalue weighted by Crippen LogP contribution is -2.08. The Labute approximate surface area is 112 Å². The van der Waals surface area contributed by atoms with Gasteiger partial charge in [-0.05, 0) is 37.5 Å². The molecule has 0 amide bonds. The predicted octanol–water partition coefficient (Wildman–Crippen LogP) is 2.31. The zero-order chi connectivity index (χ0) is 13.5. The van der Waals surface area contributed by atoms with Crippen LogP contribution in [-0.2, 0) is 9.47 Å². The summed E-state index contributed by atoms with van der Waals surface area (Å²) in [6, 6.07) is 6.52. The van der Waals surface area contributed by atoms with Gasteiger partial charge in [0.2, 0.25) is 0 Å². The number of rotatable bonds is 7. The van der Waals surface area contributed by atoms with Gasteiger partial charge in [0.05, 0.1) is 25.4 Å². The Hall–Kier alpha value is -1.59. The maximum absolute atomic E-state index is 10.8. The van der Waals surface area contributed by atoms with Crippen LogP contribution in [0.3, 0.4) is 0 Å². The van der Waals surface area contributed by atoms with E-state index >= 15 is 0 Å². The van der Waals surface area contributed by atoms with Crippen LogP contribution in [0.15, 0.2) is 24.3 Å². The molecule has 1 aliphatic rings. The normalized spacial score (nSPS) is 15.6. The maximum atomic E-state index is 10.8. The Kier molecular flexibility index (Phi) is 5.18. The molecule has 0 aromatic heterocycles. The lowest BCUT2D eigenvalue weighted by molar-refractivity contribution is -0.0482. The second-order valence-electron chi connectivity index (χ2n) is 4.35. The summed E-state index contributed by atoms with van der Waals surface area (Å²) in [5, 5.41) is 8.86. The van der Waals surface area contributed by atoms with Crippen LogP contribution in [0, 0.1) is 0 Å². The van der Waals surface area contributed by atoms with E-state index in [0.29, 0.717) is 25.6 Å². The number of carboxylic acid groups (broad SMARTS) is 1. The van der Waals surface area contributed by atoms with E-state index in [1.807, 2.05) is 0 Å². The van der Waals surface area contributed by atoms with E-state index in [-0.39, 0.29) is 11.9 Å². The third kappa shape index (κ3) is 4.54. The molecule has 5 nitrogen and oxygen atoms in total. The lowest BCUT2D eigenvalue weighted by atomic mass is 10.2. The van der Waals surface area contributed by atoms with Crippen molar-refractivity contribution in [2.75, 3.05) is 19.8 Å². The van der Waals surface area contributed by atoms with E-state index in [9.17, 15) is 4.79 Å². The highest BCUT2D eigenvalue weighted by Gasteiger charge is 2.14. The van der Waals surface area contributed by atoms with Gasteiger partial charge in [-0.15, -0.1) is 0 Å². The highest BCUT2D eigenvalue weighted by Crippen LogP contribution is 2.15. The highest BCUT2D eigenvalue weighted by molar-refractivity contribution is 5.87. The molecule has 1 aromatic rings. The molecule has 0 unspecified atom stereocenters. The summed E-state index contributed by atoms with van der Waals surface area (Å²) in [6.45, 7) is 1.93. The van der Waals surface area contributed by atoms with E-state index in [4.69, 9.17) is 19.3 Å². The van der Waals surface area contributed by atoms with E-state index in [1.54, 1.807) is 18.2 Å². The lowest BCUT2D eigenvalue weighted by Gasteiger charge is -2.09. The predicted molar refractivity (Wildman–Crippen MR) is 68.4 cm³/mol. The second kappa shape index (κ2) is 7.11. The van der Waals surface area contributed by atoms with E-state index < -0.39 is 5.97 Å². The third-order valence-electron chi connectivity index (χ3n) is 2.87. The number of aromatic carboxylic acids is 1. The van der Waals surface area contributed by atoms with Crippen molar-refractivity contribution < 1.29 is 24.1 Å². The number of unbranched alkanes of at least 4 members (excludes halogenated alkanes) is 1. The minimum Gasteiger partial charge on any atom is -0.494 e. The Balaban J connectivity index is 1.64. The Morgan fingerprint density at radius 1 is 1.32 bits per heavy atom. The van der Waals surface area contributed by atoms with Gasteiger partial charge in [0.25, 0.3) is 0 Å². The molecule has 0 bridgehead atoms. The number of hydrogen-bond donors (Lipinski definition) is 1. The third-order valence-corrected chi connectivity index (χ3v) is 2.87.